The van der Waals surface area contributed by atoms with E-state index in [4.69, 9.17) is 20.8 Å². The zero-order chi connectivity index (χ0) is 30.5. The van der Waals surface area contributed by atoms with Crippen LogP contribution in [0.5, 0.6) is 0 Å². The van der Waals surface area contributed by atoms with Crippen LogP contribution >= 0.6 is 11.6 Å². The summed E-state index contributed by atoms with van der Waals surface area (Å²) >= 11 is 5.93. The maximum atomic E-state index is 13.7. The van der Waals surface area contributed by atoms with Crippen molar-refractivity contribution in [2.75, 3.05) is 11.9 Å². The van der Waals surface area contributed by atoms with Crippen molar-refractivity contribution in [1.29, 1.82) is 0 Å². The number of fused-ring (bicyclic) bond motifs is 2. The molecule has 1 aliphatic rings. The molecule has 1 amide bonds. The molecular formula is C30H32ClN5O6. The Morgan fingerprint density at radius 3 is 2.62 bits per heavy atom. The number of hydrogen-bond acceptors (Lipinski definition) is 8. The first-order chi connectivity index (χ1) is 19.7. The number of rotatable bonds is 5. The smallest absolute Gasteiger partial charge is 0.410 e. The van der Waals surface area contributed by atoms with Crippen molar-refractivity contribution in [3.63, 3.8) is 0 Å². The molecule has 1 unspecified atom stereocenters. The first-order valence-corrected chi connectivity index (χ1v) is 13.9. The normalized spacial score (nSPS) is 14.0. The number of carbonyl (C=O) groups excluding carboxylic acids is 1. The van der Waals surface area contributed by atoms with E-state index in [1.54, 1.807) is 34.8 Å². The number of hydrogen-bond donors (Lipinski definition) is 2. The number of nitrogens with one attached hydrogen (secondary N) is 1. The van der Waals surface area contributed by atoms with Crippen molar-refractivity contribution < 1.29 is 23.8 Å². The van der Waals surface area contributed by atoms with E-state index in [0.29, 0.717) is 46.5 Å². The molecular weight excluding hydrogens is 562 g/mol. The van der Waals surface area contributed by atoms with Crippen molar-refractivity contribution in [3.05, 3.63) is 73.9 Å². The minimum atomic E-state index is -1.22. The van der Waals surface area contributed by atoms with E-state index < -0.39 is 23.7 Å². The minimum Gasteiger partial charge on any atom is -0.476 e. The third kappa shape index (κ3) is 5.56. The van der Waals surface area contributed by atoms with Crippen LogP contribution in [0.1, 0.15) is 66.6 Å². The number of benzene rings is 1. The molecule has 0 saturated carbocycles. The molecule has 11 nitrogen and oxygen atoms in total. The molecule has 0 fully saturated rings. The first-order valence-electron chi connectivity index (χ1n) is 13.5. The highest BCUT2D eigenvalue weighted by Crippen LogP contribution is 2.35. The number of aromatic nitrogens is 3. The van der Waals surface area contributed by atoms with Crippen molar-refractivity contribution >= 4 is 40.3 Å². The zero-order valence-electron chi connectivity index (χ0n) is 24.2. The molecule has 5 rings (SSSR count). The highest BCUT2D eigenvalue weighted by atomic mass is 35.5. The number of aryl methyl sites for hydroxylation is 1. The van der Waals surface area contributed by atoms with Gasteiger partial charge in [-0.1, -0.05) is 17.7 Å². The lowest BCUT2D eigenvalue weighted by atomic mass is 9.98. The fraction of sp³-hybridized carbons (Fsp3) is 0.367. The highest BCUT2D eigenvalue weighted by Gasteiger charge is 2.30. The van der Waals surface area contributed by atoms with Gasteiger partial charge in [0.25, 0.3) is 0 Å². The summed E-state index contributed by atoms with van der Waals surface area (Å²) in [7, 11) is 0. The summed E-state index contributed by atoms with van der Waals surface area (Å²) in [6.45, 7) is 12.0. The van der Waals surface area contributed by atoms with Crippen LogP contribution in [0.15, 0.2) is 39.7 Å². The van der Waals surface area contributed by atoms with Gasteiger partial charge < -0.3 is 24.5 Å². The summed E-state index contributed by atoms with van der Waals surface area (Å²) < 4.78 is 13.9. The standard InChI is InChI=1S/C30H32ClN5O6/c1-15-11-18(17(3)33-21-7-8-23(31)34-24(21)28(38)39)27-19(12-15)25(37)16(2)26(41-27)20-13-32-36-10-9-35(14-22(20)36)29(40)42-30(4,5)6/h7-8,11-13,17,33H,9-10,14H2,1-6H3,(H,38,39). The Morgan fingerprint density at radius 2 is 1.93 bits per heavy atom. The second-order valence-electron chi connectivity index (χ2n) is 11.4. The predicted molar refractivity (Wildman–Crippen MR) is 158 cm³/mol. The average Bonchev–Trinajstić information content (AvgIpc) is 3.33. The number of anilines is 1. The Hall–Kier alpha value is -4.38. The van der Waals surface area contributed by atoms with E-state index in [1.807, 2.05) is 40.7 Å². The molecule has 0 bridgehead atoms. The average molecular weight is 594 g/mol. The van der Waals surface area contributed by atoms with Crippen molar-refractivity contribution in [2.24, 2.45) is 0 Å². The molecule has 0 spiro atoms. The lowest BCUT2D eigenvalue weighted by molar-refractivity contribution is 0.0194. The first kappa shape index (κ1) is 29.1. The highest BCUT2D eigenvalue weighted by molar-refractivity contribution is 6.29. The number of aromatic carboxylic acids is 1. The number of carboxylic acid groups (broad SMARTS) is 1. The van der Waals surface area contributed by atoms with Gasteiger partial charge in [-0.15, -0.1) is 0 Å². The second-order valence-corrected chi connectivity index (χ2v) is 11.8. The molecule has 4 heterocycles. The number of carboxylic acids is 1. The minimum absolute atomic E-state index is 0.0625. The zero-order valence-corrected chi connectivity index (χ0v) is 25.0. The predicted octanol–water partition coefficient (Wildman–Crippen LogP) is 5.94. The van der Waals surface area contributed by atoms with Gasteiger partial charge in [0, 0.05) is 17.7 Å². The van der Waals surface area contributed by atoms with Crippen LogP contribution in [0.4, 0.5) is 10.5 Å². The van der Waals surface area contributed by atoms with Gasteiger partial charge in [0.2, 0.25) is 0 Å². The summed E-state index contributed by atoms with van der Waals surface area (Å²) in [5, 5.41) is 17.8. The summed E-state index contributed by atoms with van der Waals surface area (Å²) in [6, 6.07) is 6.25. The van der Waals surface area contributed by atoms with Crippen LogP contribution < -0.4 is 10.7 Å². The number of amides is 1. The Bertz CT molecular complexity index is 1790. The van der Waals surface area contributed by atoms with Gasteiger partial charge in [-0.05, 0) is 65.3 Å². The van der Waals surface area contributed by atoms with Gasteiger partial charge in [-0.3, -0.25) is 9.48 Å². The van der Waals surface area contributed by atoms with E-state index in [0.717, 1.165) is 11.3 Å². The largest absolute Gasteiger partial charge is 0.476 e. The van der Waals surface area contributed by atoms with Gasteiger partial charge in [0.05, 0.1) is 47.7 Å². The molecule has 42 heavy (non-hydrogen) atoms. The van der Waals surface area contributed by atoms with Crippen molar-refractivity contribution in [3.8, 4) is 11.3 Å². The van der Waals surface area contributed by atoms with E-state index in [1.165, 1.54) is 6.07 Å². The van der Waals surface area contributed by atoms with Crippen molar-refractivity contribution in [1.82, 2.24) is 19.7 Å². The molecule has 0 aliphatic carbocycles. The Kier molecular flexibility index (Phi) is 7.48. The van der Waals surface area contributed by atoms with Crippen LogP contribution in [-0.4, -0.2) is 49.0 Å². The number of carbonyl (C=O) groups is 2. The summed E-state index contributed by atoms with van der Waals surface area (Å²) in [5.74, 6) is -0.867. The number of ether oxygens (including phenoxy) is 1. The van der Waals surface area contributed by atoms with Crippen LogP contribution in [0.25, 0.3) is 22.3 Å². The SMILES string of the molecule is Cc1cc(C(C)Nc2ccc(Cl)nc2C(=O)O)c2oc(-c3cnn4c3CN(C(=O)OC(C)(C)C)CC4)c(C)c(=O)c2c1. The second kappa shape index (κ2) is 10.8. The fourth-order valence-electron chi connectivity index (χ4n) is 5.09. The summed E-state index contributed by atoms with van der Waals surface area (Å²) in [6.07, 6.45) is 1.23. The van der Waals surface area contributed by atoms with E-state index in [9.17, 15) is 19.5 Å². The van der Waals surface area contributed by atoms with Gasteiger partial charge in [0.1, 0.15) is 22.1 Å². The maximum Gasteiger partial charge on any atom is 0.410 e. The van der Waals surface area contributed by atoms with Gasteiger partial charge >= 0.3 is 12.1 Å². The van der Waals surface area contributed by atoms with Crippen LogP contribution in [-0.2, 0) is 17.8 Å². The van der Waals surface area contributed by atoms with E-state index >= 15 is 0 Å². The number of pyridine rings is 1. The number of halogens is 1. The summed E-state index contributed by atoms with van der Waals surface area (Å²) in [5.41, 5.74) is 2.86. The lowest BCUT2D eigenvalue weighted by Crippen LogP contribution is -2.41. The molecule has 2 N–H and O–H groups in total. The van der Waals surface area contributed by atoms with Crippen LogP contribution in [0.3, 0.4) is 0 Å². The molecule has 4 aromatic rings. The number of nitrogens with zero attached hydrogens (tertiary/aromatic N) is 4. The Balaban J connectivity index is 1.59. The molecule has 0 saturated heterocycles. The molecule has 1 aliphatic heterocycles. The van der Waals surface area contributed by atoms with Crippen LogP contribution in [0.2, 0.25) is 5.15 Å². The van der Waals surface area contributed by atoms with Crippen LogP contribution in [0, 0.1) is 13.8 Å². The Labute approximate surface area is 247 Å². The topological polar surface area (TPSA) is 140 Å². The van der Waals surface area contributed by atoms with Gasteiger partial charge in [-0.25, -0.2) is 14.6 Å². The van der Waals surface area contributed by atoms with Gasteiger partial charge in [-0.2, -0.15) is 5.10 Å². The van der Waals surface area contributed by atoms with Gasteiger partial charge in [0.15, 0.2) is 11.1 Å². The monoisotopic (exact) mass is 593 g/mol. The molecule has 3 aromatic heterocycles. The summed E-state index contributed by atoms with van der Waals surface area (Å²) in [4.78, 5) is 43.9. The molecule has 220 valence electrons. The molecule has 1 atom stereocenters. The maximum absolute atomic E-state index is 13.7. The van der Waals surface area contributed by atoms with Crippen molar-refractivity contribution in [2.45, 2.75) is 66.3 Å². The third-order valence-corrected chi connectivity index (χ3v) is 7.27. The lowest BCUT2D eigenvalue weighted by Gasteiger charge is -2.30. The van der Waals surface area contributed by atoms with E-state index in [-0.39, 0.29) is 28.5 Å². The molecule has 12 heteroatoms. The molecule has 0 radical (unpaired) electrons. The quantitative estimate of drug-likeness (QED) is 0.269. The van der Waals surface area contributed by atoms with E-state index in [2.05, 4.69) is 15.4 Å². The molecule has 1 aromatic carbocycles. The fourth-order valence-corrected chi connectivity index (χ4v) is 5.24. The Morgan fingerprint density at radius 1 is 1.19 bits per heavy atom. The third-order valence-electron chi connectivity index (χ3n) is 7.06.